The number of rotatable bonds is 6. The molecule has 0 saturated heterocycles. The zero-order chi connectivity index (χ0) is 27.1. The van der Waals surface area contributed by atoms with Crippen LogP contribution in [0.4, 0.5) is 18.9 Å². The number of aliphatic carboxylic acids is 1. The van der Waals surface area contributed by atoms with Crippen LogP contribution >= 0.6 is 0 Å². The molecule has 11 heteroatoms. The Labute approximate surface area is 208 Å². The Hall–Kier alpha value is -4.25. The van der Waals surface area contributed by atoms with Crippen LogP contribution in [0.15, 0.2) is 64.4 Å². The Bertz CT molecular complexity index is 1480. The van der Waals surface area contributed by atoms with Gasteiger partial charge in [-0.3, -0.25) is 9.59 Å². The topological polar surface area (TPSA) is 121 Å². The second-order valence-electron chi connectivity index (χ2n) is 8.66. The van der Waals surface area contributed by atoms with E-state index in [-0.39, 0.29) is 23.4 Å². The number of halogens is 3. The van der Waals surface area contributed by atoms with Crippen molar-refractivity contribution in [3.63, 3.8) is 0 Å². The Morgan fingerprint density at radius 3 is 2.38 bits per heavy atom. The van der Waals surface area contributed by atoms with Gasteiger partial charge in [0, 0.05) is 24.7 Å². The molecule has 3 aromatic rings. The molecule has 2 aromatic carbocycles. The summed E-state index contributed by atoms with van der Waals surface area (Å²) in [5, 5.41) is 22.4. The standard InChI is InChI=1S/C26H22F3N3O5/c1-13-11-17(26(27,28)29)20(24(35)32(13)2)15-9-7-14(8-10-15)12-19(25(36)37)31-23(34)21-22(33)16-5-3-4-6-18(16)30-21/h3-11,19,22,33H,12H2,1-2H3,(H,31,34)(H,36,37). The third-order valence-electron chi connectivity index (χ3n) is 6.23. The van der Waals surface area contributed by atoms with Crippen LogP contribution in [0, 0.1) is 6.92 Å². The quantitative estimate of drug-likeness (QED) is 0.467. The molecule has 0 bridgehead atoms. The van der Waals surface area contributed by atoms with Crippen molar-refractivity contribution in [3.8, 4) is 11.1 Å². The maximum atomic E-state index is 13.6. The molecule has 0 spiro atoms. The van der Waals surface area contributed by atoms with Gasteiger partial charge in [-0.2, -0.15) is 13.2 Å². The van der Waals surface area contributed by atoms with Crippen LogP contribution in [0.5, 0.6) is 0 Å². The number of carbonyl (C=O) groups excluding carboxylic acids is 1. The van der Waals surface area contributed by atoms with Gasteiger partial charge in [0.25, 0.3) is 11.5 Å². The van der Waals surface area contributed by atoms with E-state index in [2.05, 4.69) is 10.3 Å². The van der Waals surface area contributed by atoms with E-state index in [0.717, 1.165) is 10.6 Å². The molecule has 1 aromatic heterocycles. The molecule has 2 heterocycles. The summed E-state index contributed by atoms with van der Waals surface area (Å²) in [6.07, 6.45) is -6.25. The molecule has 192 valence electrons. The number of alkyl halides is 3. The number of aliphatic imine (C=N–C) groups is 1. The van der Waals surface area contributed by atoms with E-state index in [4.69, 9.17) is 0 Å². The Morgan fingerprint density at radius 1 is 1.14 bits per heavy atom. The number of pyridine rings is 1. The number of aryl methyl sites for hydroxylation is 1. The highest BCUT2D eigenvalue weighted by atomic mass is 19.4. The number of carboxylic acids is 1. The minimum absolute atomic E-state index is 0.0220. The molecule has 37 heavy (non-hydrogen) atoms. The van der Waals surface area contributed by atoms with Crippen LogP contribution in [0.2, 0.25) is 0 Å². The number of aromatic nitrogens is 1. The van der Waals surface area contributed by atoms with Gasteiger partial charge in [-0.15, -0.1) is 0 Å². The Balaban J connectivity index is 1.56. The van der Waals surface area contributed by atoms with Crippen molar-refractivity contribution in [3.05, 3.63) is 87.3 Å². The largest absolute Gasteiger partial charge is 0.480 e. The fourth-order valence-corrected chi connectivity index (χ4v) is 4.13. The van der Waals surface area contributed by atoms with Gasteiger partial charge in [0.2, 0.25) is 0 Å². The van der Waals surface area contributed by atoms with E-state index in [1.54, 1.807) is 24.3 Å². The lowest BCUT2D eigenvalue weighted by atomic mass is 9.97. The molecule has 4 rings (SSSR count). The van der Waals surface area contributed by atoms with Gasteiger partial charge in [0.05, 0.1) is 16.8 Å². The number of hydrogen-bond acceptors (Lipinski definition) is 5. The summed E-state index contributed by atoms with van der Waals surface area (Å²) in [6, 6.07) is 11.5. The van der Waals surface area contributed by atoms with Crippen molar-refractivity contribution in [1.29, 1.82) is 0 Å². The number of aliphatic hydroxyl groups is 1. The van der Waals surface area contributed by atoms with Crippen molar-refractivity contribution in [2.75, 3.05) is 0 Å². The zero-order valence-electron chi connectivity index (χ0n) is 19.7. The normalized spacial score (nSPS) is 15.6. The molecular formula is C26H22F3N3O5. The summed E-state index contributed by atoms with van der Waals surface area (Å²) in [7, 11) is 1.37. The minimum atomic E-state index is -4.75. The first-order valence-corrected chi connectivity index (χ1v) is 11.1. The van der Waals surface area contributed by atoms with E-state index < -0.39 is 46.9 Å². The van der Waals surface area contributed by atoms with Gasteiger partial charge in [-0.05, 0) is 30.2 Å². The van der Waals surface area contributed by atoms with Crippen LogP contribution in [0.3, 0.4) is 0 Å². The molecule has 0 aliphatic carbocycles. The molecule has 0 fully saturated rings. The lowest BCUT2D eigenvalue weighted by Crippen LogP contribution is -2.46. The number of para-hydroxylation sites is 1. The van der Waals surface area contributed by atoms with Crippen LogP contribution in [-0.4, -0.2) is 38.4 Å². The summed E-state index contributed by atoms with van der Waals surface area (Å²) in [6.45, 7) is 1.40. The first-order chi connectivity index (χ1) is 17.4. The molecule has 8 nitrogen and oxygen atoms in total. The lowest BCUT2D eigenvalue weighted by molar-refractivity contribution is -0.141. The molecule has 2 atom stereocenters. The fourth-order valence-electron chi connectivity index (χ4n) is 4.13. The number of fused-ring (bicyclic) bond motifs is 1. The average molecular weight is 513 g/mol. The van der Waals surface area contributed by atoms with Gasteiger partial charge >= 0.3 is 12.1 Å². The molecule has 2 unspecified atom stereocenters. The first-order valence-electron chi connectivity index (χ1n) is 11.1. The number of hydrogen-bond donors (Lipinski definition) is 3. The molecule has 3 N–H and O–H groups in total. The number of amides is 1. The van der Waals surface area contributed by atoms with Crippen molar-refractivity contribution in [1.82, 2.24) is 9.88 Å². The summed E-state index contributed by atoms with van der Waals surface area (Å²) < 4.78 is 42.1. The molecule has 1 aliphatic rings. The monoisotopic (exact) mass is 513 g/mol. The van der Waals surface area contributed by atoms with E-state index in [0.29, 0.717) is 16.8 Å². The zero-order valence-corrected chi connectivity index (χ0v) is 19.7. The number of nitrogens with one attached hydrogen (secondary N) is 1. The Morgan fingerprint density at radius 2 is 1.78 bits per heavy atom. The van der Waals surface area contributed by atoms with Gasteiger partial charge in [0.15, 0.2) is 0 Å². The number of carbonyl (C=O) groups is 2. The van der Waals surface area contributed by atoms with E-state index in [1.807, 2.05) is 0 Å². The number of benzene rings is 2. The van der Waals surface area contributed by atoms with Crippen LogP contribution in [0.1, 0.15) is 28.5 Å². The van der Waals surface area contributed by atoms with Gasteiger partial charge in [-0.1, -0.05) is 42.5 Å². The second kappa shape index (κ2) is 9.66. The van der Waals surface area contributed by atoms with Gasteiger partial charge in [0.1, 0.15) is 17.9 Å². The highest BCUT2D eigenvalue weighted by molar-refractivity contribution is 6.42. The summed E-state index contributed by atoms with van der Waals surface area (Å²) in [4.78, 5) is 41.3. The van der Waals surface area contributed by atoms with Gasteiger partial charge in [-0.25, -0.2) is 9.79 Å². The van der Waals surface area contributed by atoms with Crippen LogP contribution < -0.4 is 10.9 Å². The van der Waals surface area contributed by atoms with Gasteiger partial charge < -0.3 is 20.1 Å². The highest BCUT2D eigenvalue weighted by Gasteiger charge is 2.36. The maximum Gasteiger partial charge on any atom is 0.417 e. The van der Waals surface area contributed by atoms with E-state index in [9.17, 15) is 37.8 Å². The maximum absolute atomic E-state index is 13.6. The fraction of sp³-hybridized carbons (Fsp3) is 0.231. The third kappa shape index (κ3) is 5.03. The smallest absolute Gasteiger partial charge is 0.417 e. The van der Waals surface area contributed by atoms with Crippen molar-refractivity contribution < 1.29 is 33.0 Å². The number of aliphatic hydroxyl groups excluding tert-OH is 1. The van der Waals surface area contributed by atoms with Crippen LogP contribution in [0.25, 0.3) is 11.1 Å². The average Bonchev–Trinajstić information content (AvgIpc) is 3.18. The highest BCUT2D eigenvalue weighted by Crippen LogP contribution is 2.36. The van der Waals surface area contributed by atoms with Crippen LogP contribution in [-0.2, 0) is 29.2 Å². The second-order valence-corrected chi connectivity index (χ2v) is 8.66. The predicted octanol–water partition coefficient (Wildman–Crippen LogP) is 3.31. The lowest BCUT2D eigenvalue weighted by Gasteiger charge is -2.17. The Kier molecular flexibility index (Phi) is 6.74. The van der Waals surface area contributed by atoms with E-state index >= 15 is 0 Å². The summed E-state index contributed by atoms with van der Waals surface area (Å²) in [5.74, 6) is -2.21. The third-order valence-corrected chi connectivity index (χ3v) is 6.23. The number of carboxylic acid groups (broad SMARTS) is 1. The van der Waals surface area contributed by atoms with Crippen molar-refractivity contribution in [2.45, 2.75) is 31.7 Å². The molecule has 1 aliphatic heterocycles. The minimum Gasteiger partial charge on any atom is -0.480 e. The molecule has 0 saturated carbocycles. The molecular weight excluding hydrogens is 491 g/mol. The van der Waals surface area contributed by atoms with Crippen molar-refractivity contribution in [2.24, 2.45) is 12.0 Å². The first kappa shape index (κ1) is 25.8. The summed E-state index contributed by atoms with van der Waals surface area (Å²) in [5.41, 5.74) is -1.22. The number of nitrogens with zero attached hydrogens (tertiary/aromatic N) is 2. The van der Waals surface area contributed by atoms with E-state index in [1.165, 1.54) is 38.2 Å². The molecule has 0 radical (unpaired) electrons. The summed E-state index contributed by atoms with van der Waals surface area (Å²) >= 11 is 0. The SMILES string of the molecule is Cc1cc(C(F)(F)F)c(-c2ccc(CC(NC(=O)C3=Nc4ccccc4C3O)C(=O)O)cc2)c(=O)n1C. The predicted molar refractivity (Wildman–Crippen MR) is 129 cm³/mol. The molecule has 1 amide bonds. The van der Waals surface area contributed by atoms with Crippen molar-refractivity contribution >= 4 is 23.3 Å².